The first-order valence-corrected chi connectivity index (χ1v) is 5.17. The fraction of sp³-hybridized carbons (Fsp3) is 0.500. The number of hydrogen-bond acceptors (Lipinski definition) is 4. The van der Waals surface area contributed by atoms with E-state index in [1.807, 2.05) is 4.98 Å². The Morgan fingerprint density at radius 3 is 2.59 bits per heavy atom. The quantitative estimate of drug-likeness (QED) is 0.538. The molecular formula is C10H15N3O4. The van der Waals surface area contributed by atoms with Gasteiger partial charge in [0.2, 0.25) is 0 Å². The molecule has 0 saturated heterocycles. The Balaban J connectivity index is 2.98. The zero-order chi connectivity index (χ0) is 13.1. The lowest BCUT2D eigenvalue weighted by Crippen LogP contribution is -2.49. The fourth-order valence-electron chi connectivity index (χ4n) is 1.17. The predicted molar refractivity (Wildman–Crippen MR) is 60.9 cm³/mol. The van der Waals surface area contributed by atoms with Gasteiger partial charge in [0.15, 0.2) is 0 Å². The van der Waals surface area contributed by atoms with Gasteiger partial charge in [0.05, 0.1) is 12.1 Å². The lowest BCUT2D eigenvalue weighted by molar-refractivity contribution is 0.0841. The first kappa shape index (κ1) is 13.2. The zero-order valence-corrected chi connectivity index (χ0v) is 9.66. The van der Waals surface area contributed by atoms with Crippen LogP contribution < -0.4 is 16.6 Å². The Hall–Kier alpha value is -1.89. The molecule has 0 aromatic carbocycles. The van der Waals surface area contributed by atoms with E-state index in [1.54, 1.807) is 13.8 Å². The van der Waals surface area contributed by atoms with Crippen molar-refractivity contribution in [3.63, 3.8) is 0 Å². The maximum absolute atomic E-state index is 11.7. The predicted octanol–water partition coefficient (Wildman–Crippen LogP) is -1.05. The van der Waals surface area contributed by atoms with E-state index in [0.29, 0.717) is 6.42 Å². The van der Waals surface area contributed by atoms with Crippen LogP contribution >= 0.6 is 0 Å². The number of rotatable bonds is 4. The van der Waals surface area contributed by atoms with E-state index < -0.39 is 22.7 Å². The van der Waals surface area contributed by atoms with E-state index in [-0.39, 0.29) is 12.3 Å². The summed E-state index contributed by atoms with van der Waals surface area (Å²) in [6.45, 7) is 3.23. The zero-order valence-electron chi connectivity index (χ0n) is 9.66. The first-order valence-electron chi connectivity index (χ1n) is 5.17. The van der Waals surface area contributed by atoms with Gasteiger partial charge in [-0.1, -0.05) is 6.92 Å². The normalized spacial score (nSPS) is 14.1. The number of aromatic amines is 2. The van der Waals surface area contributed by atoms with Crippen LogP contribution in [0.1, 0.15) is 30.8 Å². The minimum Gasteiger partial charge on any atom is -0.394 e. The van der Waals surface area contributed by atoms with Gasteiger partial charge in [-0.3, -0.25) is 14.6 Å². The van der Waals surface area contributed by atoms with Crippen molar-refractivity contribution in [2.24, 2.45) is 0 Å². The minimum atomic E-state index is -0.781. The average Bonchev–Trinajstić information content (AvgIpc) is 2.27. The first-order chi connectivity index (χ1) is 7.90. The average molecular weight is 241 g/mol. The minimum absolute atomic E-state index is 0.133. The van der Waals surface area contributed by atoms with Crippen LogP contribution in [0.2, 0.25) is 0 Å². The molecule has 1 unspecified atom stereocenters. The molecule has 1 amide bonds. The molecule has 1 atom stereocenters. The van der Waals surface area contributed by atoms with Crippen LogP contribution in [0, 0.1) is 0 Å². The van der Waals surface area contributed by atoms with Crippen LogP contribution in [0.5, 0.6) is 0 Å². The van der Waals surface area contributed by atoms with Crippen LogP contribution in [-0.2, 0) is 0 Å². The van der Waals surface area contributed by atoms with Crippen molar-refractivity contribution in [1.29, 1.82) is 0 Å². The van der Waals surface area contributed by atoms with Gasteiger partial charge in [-0.15, -0.1) is 0 Å². The fourth-order valence-corrected chi connectivity index (χ4v) is 1.17. The second-order valence-corrected chi connectivity index (χ2v) is 4.03. The molecule has 0 radical (unpaired) electrons. The highest BCUT2D eigenvalue weighted by molar-refractivity contribution is 5.92. The summed E-state index contributed by atoms with van der Waals surface area (Å²) in [4.78, 5) is 37.9. The summed E-state index contributed by atoms with van der Waals surface area (Å²) in [6.07, 6.45) is 0.517. The van der Waals surface area contributed by atoms with Crippen molar-refractivity contribution in [2.45, 2.75) is 25.8 Å². The Bertz CT molecular complexity index is 485. The second-order valence-electron chi connectivity index (χ2n) is 4.03. The molecule has 94 valence electrons. The van der Waals surface area contributed by atoms with Crippen molar-refractivity contribution in [3.8, 4) is 0 Å². The Morgan fingerprint density at radius 2 is 2.12 bits per heavy atom. The molecule has 1 heterocycles. The highest BCUT2D eigenvalue weighted by Crippen LogP contribution is 2.08. The summed E-state index contributed by atoms with van der Waals surface area (Å²) in [5, 5.41) is 11.7. The van der Waals surface area contributed by atoms with Gasteiger partial charge in [0.1, 0.15) is 5.69 Å². The topological polar surface area (TPSA) is 115 Å². The van der Waals surface area contributed by atoms with Crippen LogP contribution in [0.25, 0.3) is 0 Å². The SMILES string of the molecule is CCC(C)(CO)NC(=O)c1cc(=O)[nH]c(=O)[nH]1. The van der Waals surface area contributed by atoms with E-state index in [9.17, 15) is 14.4 Å². The molecule has 4 N–H and O–H groups in total. The Morgan fingerprint density at radius 1 is 1.47 bits per heavy atom. The van der Waals surface area contributed by atoms with Crippen molar-refractivity contribution in [1.82, 2.24) is 15.3 Å². The number of aliphatic hydroxyl groups is 1. The van der Waals surface area contributed by atoms with Gasteiger partial charge in [-0.25, -0.2) is 4.79 Å². The number of carbonyl (C=O) groups excluding carboxylic acids is 1. The van der Waals surface area contributed by atoms with Crippen LogP contribution in [0.4, 0.5) is 0 Å². The summed E-state index contributed by atoms with van der Waals surface area (Å²) in [5.74, 6) is -0.605. The molecule has 0 spiro atoms. The number of aliphatic hydroxyl groups excluding tert-OH is 1. The van der Waals surface area contributed by atoms with Crippen molar-refractivity contribution >= 4 is 5.91 Å². The highest BCUT2D eigenvalue weighted by atomic mass is 16.3. The molecule has 17 heavy (non-hydrogen) atoms. The Kier molecular flexibility index (Phi) is 3.84. The Labute approximate surface area is 96.9 Å². The third-order valence-corrected chi connectivity index (χ3v) is 2.55. The molecule has 0 aliphatic heterocycles. The van der Waals surface area contributed by atoms with Gasteiger partial charge < -0.3 is 15.4 Å². The molecular weight excluding hydrogens is 226 g/mol. The third kappa shape index (κ3) is 3.28. The standard InChI is InChI=1S/C10H15N3O4/c1-3-10(2,5-14)13-8(16)6-4-7(15)12-9(17)11-6/h4,14H,3,5H2,1-2H3,(H,13,16)(H2,11,12,15,17). The smallest absolute Gasteiger partial charge is 0.326 e. The summed E-state index contributed by atoms with van der Waals surface area (Å²) in [7, 11) is 0. The van der Waals surface area contributed by atoms with Crippen molar-refractivity contribution < 1.29 is 9.90 Å². The summed E-state index contributed by atoms with van der Waals surface area (Å²) in [6, 6.07) is 0.990. The molecule has 1 aromatic heterocycles. The highest BCUT2D eigenvalue weighted by Gasteiger charge is 2.24. The van der Waals surface area contributed by atoms with E-state index in [4.69, 9.17) is 5.11 Å². The van der Waals surface area contributed by atoms with Crippen LogP contribution in [0.15, 0.2) is 15.7 Å². The van der Waals surface area contributed by atoms with Crippen molar-refractivity contribution in [2.75, 3.05) is 6.61 Å². The number of aromatic nitrogens is 2. The second kappa shape index (κ2) is 4.96. The lowest BCUT2D eigenvalue weighted by Gasteiger charge is -2.26. The summed E-state index contributed by atoms with van der Waals surface area (Å²) < 4.78 is 0. The van der Waals surface area contributed by atoms with Gasteiger partial charge >= 0.3 is 5.69 Å². The molecule has 0 aliphatic carbocycles. The maximum Gasteiger partial charge on any atom is 0.326 e. The van der Waals surface area contributed by atoms with Crippen LogP contribution in [0.3, 0.4) is 0 Å². The molecule has 7 nitrogen and oxygen atoms in total. The van der Waals surface area contributed by atoms with E-state index >= 15 is 0 Å². The molecule has 1 rings (SSSR count). The molecule has 7 heteroatoms. The van der Waals surface area contributed by atoms with Crippen molar-refractivity contribution in [3.05, 3.63) is 32.6 Å². The molecule has 0 aliphatic rings. The van der Waals surface area contributed by atoms with E-state index in [2.05, 4.69) is 10.3 Å². The van der Waals surface area contributed by atoms with E-state index in [0.717, 1.165) is 6.07 Å². The maximum atomic E-state index is 11.7. The third-order valence-electron chi connectivity index (χ3n) is 2.55. The monoisotopic (exact) mass is 241 g/mol. The number of nitrogens with one attached hydrogen (secondary N) is 3. The van der Waals surface area contributed by atoms with Gasteiger partial charge in [-0.05, 0) is 13.3 Å². The largest absolute Gasteiger partial charge is 0.394 e. The number of amides is 1. The van der Waals surface area contributed by atoms with E-state index in [1.165, 1.54) is 0 Å². The van der Waals surface area contributed by atoms with Gasteiger partial charge in [-0.2, -0.15) is 0 Å². The van der Waals surface area contributed by atoms with Gasteiger partial charge in [0.25, 0.3) is 11.5 Å². The summed E-state index contributed by atoms with van der Waals surface area (Å²) in [5.41, 5.74) is -2.31. The number of H-pyrrole nitrogens is 2. The van der Waals surface area contributed by atoms with Crippen LogP contribution in [-0.4, -0.2) is 33.1 Å². The van der Waals surface area contributed by atoms with Gasteiger partial charge in [0, 0.05) is 6.07 Å². The lowest BCUT2D eigenvalue weighted by atomic mass is 10.00. The number of carbonyl (C=O) groups is 1. The molecule has 0 fully saturated rings. The molecule has 0 bridgehead atoms. The number of hydrogen-bond donors (Lipinski definition) is 4. The molecule has 1 aromatic rings. The summed E-state index contributed by atoms with van der Waals surface area (Å²) >= 11 is 0. The molecule has 0 saturated carbocycles.